The first-order valence-corrected chi connectivity index (χ1v) is 34.3. The fourth-order valence-corrected chi connectivity index (χ4v) is 8.94. The van der Waals surface area contributed by atoms with E-state index in [1.54, 1.807) is 0 Å². The fourth-order valence-electron chi connectivity index (χ4n) is 8.94. The third kappa shape index (κ3) is 76.7. The van der Waals surface area contributed by atoms with Gasteiger partial charge in [-0.2, -0.15) is 0 Å². The number of hydrogen-bond acceptors (Lipinski definition) is 15. The van der Waals surface area contributed by atoms with Crippen molar-refractivity contribution < 1.29 is 113 Å². The van der Waals surface area contributed by atoms with Crippen LogP contribution in [0.2, 0.25) is 0 Å². The average Bonchev–Trinajstić information content (AvgIpc) is 1.79. The molecule has 31 nitrogen and oxygen atoms in total. The van der Waals surface area contributed by atoms with Crippen molar-refractivity contribution in [1.82, 2.24) is 26.6 Å². The van der Waals surface area contributed by atoms with Crippen LogP contribution in [0.15, 0.2) is 4.99 Å². The minimum atomic E-state index is -1.23. The van der Waals surface area contributed by atoms with Crippen molar-refractivity contribution in [3.63, 3.8) is 0 Å². The second-order valence-electron chi connectivity index (χ2n) is 23.5. The van der Waals surface area contributed by atoms with Crippen molar-refractivity contribution in [1.29, 1.82) is 0 Å². The Balaban J connectivity index is -0.000000372. The van der Waals surface area contributed by atoms with Crippen molar-refractivity contribution in [2.24, 2.45) is 16.5 Å². The number of nitrogens with one attached hydrogen (secondary N) is 5. The minimum Gasteiger partial charge on any atom is -0.481 e. The molecule has 0 aliphatic carbocycles. The molecule has 562 valence electrons. The largest absolute Gasteiger partial charge is 0.481 e. The van der Waals surface area contributed by atoms with Gasteiger partial charge >= 0.3 is 53.7 Å². The summed E-state index contributed by atoms with van der Waals surface area (Å²) >= 11 is 0. The first kappa shape index (κ1) is 97.5. The normalized spacial score (nSPS) is 11.8. The Labute approximate surface area is 571 Å². The Kier molecular flexibility index (Phi) is 68.2. The number of nitrogens with zero attached hydrogens (tertiary/aromatic N) is 1. The van der Waals surface area contributed by atoms with Gasteiger partial charge in [-0.05, 0) is 57.8 Å². The van der Waals surface area contributed by atoms with Crippen LogP contribution in [0.5, 0.6) is 0 Å². The molecule has 0 aliphatic rings. The number of unbranched alkanes of at least 4 members (excludes halogenated alkanes) is 24. The third-order valence-electron chi connectivity index (χ3n) is 14.3. The van der Waals surface area contributed by atoms with Gasteiger partial charge in [-0.25, -0.2) is 24.0 Å². The Morgan fingerprint density at radius 1 is 0.278 bits per heavy atom. The average molecular weight is 1390 g/mol. The molecule has 5 atom stereocenters. The van der Waals surface area contributed by atoms with Gasteiger partial charge in [-0.1, -0.05) is 175 Å². The fraction of sp³-hybridized carbons (Fsp3) is 0.773. The number of carboxylic acid groups (broad SMARTS) is 9. The van der Waals surface area contributed by atoms with Crippen molar-refractivity contribution in [3.05, 3.63) is 0 Å². The van der Waals surface area contributed by atoms with E-state index in [-0.39, 0.29) is 81.0 Å². The van der Waals surface area contributed by atoms with E-state index in [2.05, 4.69) is 52.3 Å². The van der Waals surface area contributed by atoms with Gasteiger partial charge in [-0.15, -0.1) is 0 Å². The highest BCUT2D eigenvalue weighted by molar-refractivity contribution is 5.86. The van der Waals surface area contributed by atoms with Crippen LogP contribution >= 0.6 is 0 Å². The number of hydrogen-bond donors (Lipinski definition) is 16. The highest BCUT2D eigenvalue weighted by Gasteiger charge is 2.24. The predicted octanol–water partition coefficient (Wildman–Crippen LogP) is 8.09. The molecule has 5 amide bonds. The zero-order chi connectivity index (χ0) is 74.8. The van der Waals surface area contributed by atoms with Gasteiger partial charge in [0.05, 0.1) is 0 Å². The maximum Gasteiger partial charge on any atom is 0.326 e. The molecule has 97 heavy (non-hydrogen) atoms. The summed E-state index contributed by atoms with van der Waals surface area (Å²) in [4.78, 5) is 155. The van der Waals surface area contributed by atoms with Crippen LogP contribution in [0.3, 0.4) is 0 Å². The molecule has 0 bridgehead atoms. The highest BCUT2D eigenvalue weighted by Crippen LogP contribution is 2.15. The maximum absolute atomic E-state index is 11.8. The number of amides is 5. The number of carbonyl (C=O) groups is 14. The van der Waals surface area contributed by atoms with Crippen molar-refractivity contribution in [2.75, 3.05) is 6.54 Å². The summed E-state index contributed by atoms with van der Waals surface area (Å²) in [5, 5.41) is 89.7. The molecular weight excluding hydrogens is 1270 g/mol. The van der Waals surface area contributed by atoms with Gasteiger partial charge in [-0.3, -0.25) is 48.1 Å². The number of aliphatic imine (C=N–C) groups is 1. The molecule has 0 unspecified atom stereocenters. The Bertz CT molecular complexity index is 2270. The van der Waals surface area contributed by atoms with Crippen LogP contribution < -0.4 is 38.1 Å². The first-order valence-electron chi connectivity index (χ1n) is 34.3. The van der Waals surface area contributed by atoms with E-state index < -0.39 is 89.8 Å². The molecule has 0 saturated carbocycles. The standard InChI is InChI=1S/C21H39NO5.C17H31NO5.C13H23NO5.C8H16N4O3.C7H11NO5/c1-2-3-4-5-6-7-8-9-10-11-12-13-14-15-19(23)22-18(21(26)27)16-17-20(24)25;1-2-3-4-5-6-7-8-9-10-11-15(19)18-14(17(22)23)12-13-16(20)21;1-2-3-4-5-6-7-11(15)14-10(13(18)19)8-9-12(16)17;1-5(13)12-6(7(14)15)3-2-4-11-8(9)10;1-4(9)8-5(7(12)13)2-3-6(10)11/h18H,2-17H2,1H3,(H,22,23)(H,24,25)(H,26,27);14H,2-13H2,1H3,(H,18,19)(H,20,21)(H,22,23);10H,2-9H2,1H3,(H,14,15)(H,16,17)(H,18,19);6H,2-4H2,1H3,(H,12,13)(H,14,15)(H4,9,10,11);5H,2-3H2,1H3,(H,8,9)(H,10,11)(H,12,13)/t18-;14-;10-;6-;5-/m00000/s1. The third-order valence-corrected chi connectivity index (χ3v) is 14.3. The molecule has 0 heterocycles. The molecule has 0 aromatic carbocycles. The topological polar surface area (TPSA) is 546 Å². The van der Waals surface area contributed by atoms with Gasteiger partial charge in [0.25, 0.3) is 0 Å². The van der Waals surface area contributed by atoms with E-state index in [4.69, 9.17) is 57.4 Å². The smallest absolute Gasteiger partial charge is 0.326 e. The summed E-state index contributed by atoms with van der Waals surface area (Å²) in [6.07, 6.45) is 31.6. The van der Waals surface area contributed by atoms with Gasteiger partial charge in [0.1, 0.15) is 30.2 Å². The molecule has 0 spiro atoms. The summed E-state index contributed by atoms with van der Waals surface area (Å²) in [6, 6.07) is -5.34. The van der Waals surface area contributed by atoms with E-state index in [0.29, 0.717) is 38.6 Å². The van der Waals surface area contributed by atoms with Gasteiger partial charge < -0.3 is 84.0 Å². The second-order valence-corrected chi connectivity index (χ2v) is 23.5. The number of guanidine groups is 1. The molecule has 0 aliphatic heterocycles. The molecule has 0 aromatic heterocycles. The lowest BCUT2D eigenvalue weighted by Crippen LogP contribution is -2.41. The molecule has 0 radical (unpaired) electrons. The quantitative estimate of drug-likeness (QED) is 0.0155. The number of rotatable bonds is 56. The van der Waals surface area contributed by atoms with E-state index in [0.717, 1.165) is 70.6 Å². The molecule has 0 rings (SSSR count). The monoisotopic (exact) mass is 1390 g/mol. The van der Waals surface area contributed by atoms with Gasteiger partial charge in [0, 0.05) is 65.3 Å². The predicted molar refractivity (Wildman–Crippen MR) is 362 cm³/mol. The highest BCUT2D eigenvalue weighted by atomic mass is 16.4. The van der Waals surface area contributed by atoms with E-state index >= 15 is 0 Å². The van der Waals surface area contributed by atoms with Crippen molar-refractivity contribution >= 4 is 89.2 Å². The SMILES string of the molecule is CC(=O)N[C@@H](CCC(=O)O)C(=O)O.CC(=O)N[C@@H](CCCN=C(N)N)C(=O)O.CCCCCCCC(=O)N[C@@H](CCC(=O)O)C(=O)O.CCCCCCCCCCCC(=O)N[C@@H](CCC(=O)O)C(=O)O.CCCCCCCCCCCCCCCC(=O)N[C@@H](CCC(=O)O)C(=O)O. The van der Waals surface area contributed by atoms with Crippen LogP contribution in [0.1, 0.15) is 291 Å². The Hall–Kier alpha value is -8.15. The second kappa shape index (κ2) is 67.8. The molecule has 0 aromatic rings. The number of carbonyl (C=O) groups excluding carboxylic acids is 5. The van der Waals surface area contributed by atoms with E-state index in [1.165, 1.54) is 117 Å². The lowest BCUT2D eigenvalue weighted by molar-refractivity contribution is -0.144. The summed E-state index contributed by atoms with van der Waals surface area (Å²) in [7, 11) is 0. The summed E-state index contributed by atoms with van der Waals surface area (Å²) in [5.41, 5.74) is 10.2. The summed E-state index contributed by atoms with van der Waals surface area (Å²) in [6.45, 7) is 9.34. The summed E-state index contributed by atoms with van der Waals surface area (Å²) in [5.74, 6) is -12.0. The van der Waals surface area contributed by atoms with Crippen LogP contribution in [-0.2, 0) is 67.1 Å². The van der Waals surface area contributed by atoms with Crippen molar-refractivity contribution in [2.45, 2.75) is 322 Å². The maximum atomic E-state index is 11.8. The lowest BCUT2D eigenvalue weighted by atomic mass is 10.0. The first-order chi connectivity index (χ1) is 45.8. The van der Waals surface area contributed by atoms with Gasteiger partial charge in [0.2, 0.25) is 29.5 Å². The number of carboxylic acids is 9. The van der Waals surface area contributed by atoms with Crippen LogP contribution in [-0.4, -0.2) is 172 Å². The molecular formula is C66H120N8O23. The van der Waals surface area contributed by atoms with E-state index in [1.807, 2.05) is 0 Å². The summed E-state index contributed by atoms with van der Waals surface area (Å²) < 4.78 is 0. The van der Waals surface area contributed by atoms with Crippen LogP contribution in [0.25, 0.3) is 0 Å². The van der Waals surface area contributed by atoms with E-state index in [9.17, 15) is 67.1 Å². The Morgan fingerprint density at radius 3 is 0.660 bits per heavy atom. The van der Waals surface area contributed by atoms with Crippen LogP contribution in [0, 0.1) is 0 Å². The molecule has 0 saturated heterocycles. The number of aliphatic carboxylic acids is 9. The zero-order valence-electron chi connectivity index (χ0n) is 58.2. The number of nitrogens with two attached hydrogens (primary N) is 2. The zero-order valence-corrected chi connectivity index (χ0v) is 58.2. The molecule has 31 heteroatoms. The van der Waals surface area contributed by atoms with Crippen LogP contribution in [0.4, 0.5) is 0 Å². The minimum absolute atomic E-state index is 0.0265. The van der Waals surface area contributed by atoms with Crippen molar-refractivity contribution in [3.8, 4) is 0 Å². The molecule has 0 fully saturated rings. The Morgan fingerprint density at radius 2 is 0.474 bits per heavy atom. The lowest BCUT2D eigenvalue weighted by Gasteiger charge is -2.13. The van der Waals surface area contributed by atoms with Gasteiger partial charge in [0.15, 0.2) is 5.96 Å². The molecule has 18 N–H and O–H groups in total.